The van der Waals surface area contributed by atoms with Crippen LogP contribution in [0, 0.1) is 11.8 Å². The lowest BCUT2D eigenvalue weighted by atomic mass is 9.80. The number of hydrogen-bond donors (Lipinski definition) is 0. The Morgan fingerprint density at radius 3 is 3.00 bits per heavy atom. The van der Waals surface area contributed by atoms with Crippen molar-refractivity contribution >= 4 is 22.8 Å². The Balaban J connectivity index is 1.71. The molecule has 3 heterocycles. The molecule has 0 N–H and O–H groups in total. The summed E-state index contributed by atoms with van der Waals surface area (Å²) in [7, 11) is 1.38. The molecule has 1 aliphatic carbocycles. The summed E-state index contributed by atoms with van der Waals surface area (Å²) in [6.45, 7) is 3.45. The van der Waals surface area contributed by atoms with Crippen LogP contribution in [0.1, 0.15) is 32.6 Å². The number of rotatable bonds is 3. The molecule has 2 aromatic rings. The highest BCUT2D eigenvalue weighted by atomic mass is 16.5. The molecule has 7 nitrogen and oxygen atoms in total. The lowest BCUT2D eigenvalue weighted by Crippen LogP contribution is -2.35. The zero-order chi connectivity index (χ0) is 16.7. The molecule has 24 heavy (non-hydrogen) atoms. The van der Waals surface area contributed by atoms with Gasteiger partial charge in [0.2, 0.25) is 0 Å². The van der Waals surface area contributed by atoms with E-state index < -0.39 is 0 Å². The minimum absolute atomic E-state index is 0.0684. The lowest BCUT2D eigenvalue weighted by Gasteiger charge is -2.32. The Hall–Kier alpha value is -2.18. The summed E-state index contributed by atoms with van der Waals surface area (Å²) in [6, 6.07) is 0.566. The predicted octanol–water partition coefficient (Wildman–Crippen LogP) is 2.01. The summed E-state index contributed by atoms with van der Waals surface area (Å²) in [5.41, 5.74) is 0.692. The van der Waals surface area contributed by atoms with E-state index in [0.29, 0.717) is 17.6 Å². The van der Waals surface area contributed by atoms with Gasteiger partial charge < -0.3 is 9.64 Å². The van der Waals surface area contributed by atoms with Crippen LogP contribution >= 0.6 is 0 Å². The highest BCUT2D eigenvalue weighted by Gasteiger charge is 2.41. The summed E-state index contributed by atoms with van der Waals surface area (Å²) in [6.07, 6.45) is 8.53. The first-order valence-corrected chi connectivity index (χ1v) is 8.69. The molecule has 3 atom stereocenters. The van der Waals surface area contributed by atoms with E-state index in [9.17, 15) is 4.79 Å². The number of hydrogen-bond acceptors (Lipinski definition) is 6. The van der Waals surface area contributed by atoms with Gasteiger partial charge >= 0.3 is 5.97 Å². The normalized spacial score (nSPS) is 26.6. The van der Waals surface area contributed by atoms with E-state index in [2.05, 4.69) is 26.9 Å². The van der Waals surface area contributed by atoms with Crippen LogP contribution in [-0.2, 0) is 16.1 Å². The highest BCUT2D eigenvalue weighted by molar-refractivity contribution is 5.87. The molecular weight excluding hydrogens is 306 g/mol. The van der Waals surface area contributed by atoms with Gasteiger partial charge in [0.25, 0.3) is 0 Å². The number of fused-ring (bicyclic) bond motifs is 2. The molecule has 0 bridgehead atoms. The van der Waals surface area contributed by atoms with Gasteiger partial charge in [-0.15, -0.1) is 0 Å². The molecule has 128 valence electrons. The second kappa shape index (κ2) is 6.03. The Kier molecular flexibility index (Phi) is 3.86. The maximum absolute atomic E-state index is 11.6. The summed E-state index contributed by atoms with van der Waals surface area (Å²) in [5, 5.41) is 5.24. The fraction of sp³-hybridized carbons (Fsp3) is 0.647. The van der Waals surface area contributed by atoms with E-state index in [4.69, 9.17) is 4.74 Å². The Labute approximate surface area is 141 Å². The maximum atomic E-state index is 11.6. The van der Waals surface area contributed by atoms with Crippen LogP contribution in [-0.4, -0.2) is 45.4 Å². The first-order chi connectivity index (χ1) is 11.7. The predicted molar refractivity (Wildman–Crippen MR) is 89.6 cm³/mol. The number of carbonyl (C=O) groups excluding carboxylic acids is 1. The van der Waals surface area contributed by atoms with Gasteiger partial charge in [0.15, 0.2) is 5.65 Å². The summed E-state index contributed by atoms with van der Waals surface area (Å²) < 4.78 is 6.32. The number of methoxy groups -OCH3 is 1. The third-order valence-electron chi connectivity index (χ3n) is 5.59. The van der Waals surface area contributed by atoms with Gasteiger partial charge in [-0.25, -0.2) is 14.6 Å². The van der Waals surface area contributed by atoms with E-state index in [0.717, 1.165) is 23.7 Å². The van der Waals surface area contributed by atoms with Crippen molar-refractivity contribution in [3.05, 3.63) is 12.5 Å². The van der Waals surface area contributed by atoms with Crippen LogP contribution < -0.4 is 4.90 Å². The Bertz CT molecular complexity index is 759. The average molecular weight is 329 g/mol. The number of ether oxygens (including phenoxy) is 1. The van der Waals surface area contributed by atoms with Crippen molar-refractivity contribution in [2.24, 2.45) is 11.8 Å². The number of esters is 1. The van der Waals surface area contributed by atoms with Crippen LogP contribution in [0.15, 0.2) is 12.5 Å². The minimum Gasteiger partial charge on any atom is -0.468 e. The zero-order valence-corrected chi connectivity index (χ0v) is 14.2. The van der Waals surface area contributed by atoms with Crippen molar-refractivity contribution < 1.29 is 9.53 Å². The molecule has 2 fully saturated rings. The van der Waals surface area contributed by atoms with Crippen molar-refractivity contribution in [3.8, 4) is 0 Å². The van der Waals surface area contributed by atoms with E-state index >= 15 is 0 Å². The van der Waals surface area contributed by atoms with Gasteiger partial charge in [-0.3, -0.25) is 4.79 Å². The van der Waals surface area contributed by atoms with Crippen molar-refractivity contribution in [1.29, 1.82) is 0 Å². The molecule has 7 heteroatoms. The molecular formula is C17H23N5O2. The summed E-state index contributed by atoms with van der Waals surface area (Å²) in [5.74, 6) is 2.07. The fourth-order valence-electron chi connectivity index (χ4n) is 4.43. The molecule has 0 aromatic carbocycles. The average Bonchev–Trinajstić information content (AvgIpc) is 3.17. The van der Waals surface area contributed by atoms with E-state index in [1.165, 1.54) is 32.8 Å². The number of nitrogens with zero attached hydrogens (tertiary/aromatic N) is 5. The molecule has 2 aromatic heterocycles. The third-order valence-corrected chi connectivity index (χ3v) is 5.59. The van der Waals surface area contributed by atoms with Crippen LogP contribution in [0.3, 0.4) is 0 Å². The van der Waals surface area contributed by atoms with Gasteiger partial charge in [0.1, 0.15) is 18.7 Å². The third kappa shape index (κ3) is 2.42. The molecule has 1 saturated carbocycles. The molecule has 1 aliphatic heterocycles. The fourth-order valence-corrected chi connectivity index (χ4v) is 4.43. The minimum atomic E-state index is -0.331. The van der Waals surface area contributed by atoms with Crippen molar-refractivity contribution in [2.45, 2.75) is 45.2 Å². The Morgan fingerprint density at radius 2 is 2.17 bits per heavy atom. The van der Waals surface area contributed by atoms with Gasteiger partial charge in [0.05, 0.1) is 18.7 Å². The first kappa shape index (κ1) is 15.4. The van der Waals surface area contributed by atoms with E-state index in [1.54, 1.807) is 17.2 Å². The van der Waals surface area contributed by atoms with E-state index in [-0.39, 0.29) is 12.5 Å². The second-order valence-electron chi connectivity index (χ2n) is 6.96. The number of aromatic nitrogens is 4. The molecule has 3 unspecified atom stereocenters. The second-order valence-corrected chi connectivity index (χ2v) is 6.96. The lowest BCUT2D eigenvalue weighted by molar-refractivity contribution is -0.141. The smallest absolute Gasteiger partial charge is 0.327 e. The van der Waals surface area contributed by atoms with Crippen LogP contribution in [0.5, 0.6) is 0 Å². The van der Waals surface area contributed by atoms with Crippen LogP contribution in [0.25, 0.3) is 11.0 Å². The zero-order valence-electron chi connectivity index (χ0n) is 14.2. The van der Waals surface area contributed by atoms with E-state index in [1.807, 2.05) is 0 Å². The molecule has 4 rings (SSSR count). The largest absolute Gasteiger partial charge is 0.468 e. The van der Waals surface area contributed by atoms with Gasteiger partial charge in [-0.1, -0.05) is 19.8 Å². The van der Waals surface area contributed by atoms with Crippen molar-refractivity contribution in [2.75, 3.05) is 18.6 Å². The SMILES string of the molecule is COC(=O)Cn1ncc2c(N3CC(C)C4CCCCC43)ncnc21. The van der Waals surface area contributed by atoms with Gasteiger partial charge in [0, 0.05) is 12.6 Å². The van der Waals surface area contributed by atoms with Crippen LogP contribution in [0.2, 0.25) is 0 Å². The topological polar surface area (TPSA) is 73.1 Å². The van der Waals surface area contributed by atoms with Crippen molar-refractivity contribution in [1.82, 2.24) is 19.7 Å². The van der Waals surface area contributed by atoms with Gasteiger partial charge in [-0.2, -0.15) is 5.10 Å². The number of carbonyl (C=O) groups is 1. The number of anilines is 1. The monoisotopic (exact) mass is 329 g/mol. The standard InChI is InChI=1S/C17H23N5O2/c1-11-8-21(14-6-4-3-5-12(11)14)16-13-7-20-22(9-15(23)24-2)17(13)19-10-18-16/h7,10-12,14H,3-6,8-9H2,1-2H3. The molecule has 0 spiro atoms. The van der Waals surface area contributed by atoms with Crippen LogP contribution in [0.4, 0.5) is 5.82 Å². The highest BCUT2D eigenvalue weighted by Crippen LogP contribution is 2.42. The summed E-state index contributed by atoms with van der Waals surface area (Å²) >= 11 is 0. The molecule has 0 amide bonds. The Morgan fingerprint density at radius 1 is 1.33 bits per heavy atom. The molecule has 1 saturated heterocycles. The first-order valence-electron chi connectivity index (χ1n) is 8.69. The maximum Gasteiger partial charge on any atom is 0.327 e. The quantitative estimate of drug-likeness (QED) is 0.802. The molecule has 2 aliphatic rings. The van der Waals surface area contributed by atoms with Crippen molar-refractivity contribution in [3.63, 3.8) is 0 Å². The summed E-state index contributed by atoms with van der Waals surface area (Å²) in [4.78, 5) is 22.9. The van der Waals surface area contributed by atoms with Gasteiger partial charge in [-0.05, 0) is 24.7 Å². The molecule has 0 radical (unpaired) electrons.